The van der Waals surface area contributed by atoms with Crippen molar-refractivity contribution in [2.45, 2.75) is 39.5 Å². The Morgan fingerprint density at radius 2 is 1.95 bits per heavy atom. The van der Waals surface area contributed by atoms with Crippen LogP contribution in [-0.4, -0.2) is 22.2 Å². The van der Waals surface area contributed by atoms with Gasteiger partial charge in [0.15, 0.2) is 0 Å². The number of fused-ring (bicyclic) bond motifs is 1. The Kier molecular flexibility index (Phi) is 3.97. The summed E-state index contributed by atoms with van der Waals surface area (Å²) in [6.07, 6.45) is 5.30. The molecule has 0 aliphatic heterocycles. The van der Waals surface area contributed by atoms with E-state index in [1.165, 1.54) is 0 Å². The lowest BCUT2D eigenvalue weighted by Gasteiger charge is -2.44. The maximum absolute atomic E-state index is 11.2. The molecule has 0 aromatic carbocycles. The van der Waals surface area contributed by atoms with Crippen molar-refractivity contribution in [3.05, 3.63) is 11.6 Å². The highest BCUT2D eigenvalue weighted by Crippen LogP contribution is 2.48. The van der Waals surface area contributed by atoms with Gasteiger partial charge in [0, 0.05) is 5.57 Å². The fourth-order valence-corrected chi connectivity index (χ4v) is 3.87. The van der Waals surface area contributed by atoms with Crippen molar-refractivity contribution in [3.63, 3.8) is 0 Å². The van der Waals surface area contributed by atoms with Gasteiger partial charge in [-0.05, 0) is 42.9 Å². The van der Waals surface area contributed by atoms with Crippen LogP contribution in [0.2, 0.25) is 0 Å². The minimum Gasteiger partial charge on any atom is -0.481 e. The van der Waals surface area contributed by atoms with Gasteiger partial charge in [-0.15, -0.1) is 0 Å². The Bertz CT molecular complexity index is 412. The van der Waals surface area contributed by atoms with Gasteiger partial charge in [-0.2, -0.15) is 0 Å². The summed E-state index contributed by atoms with van der Waals surface area (Å²) in [7, 11) is 0. The molecule has 0 amide bonds. The molecule has 19 heavy (non-hydrogen) atoms. The van der Waals surface area contributed by atoms with Crippen LogP contribution < -0.4 is 0 Å². The van der Waals surface area contributed by atoms with Crippen LogP contribution in [0.3, 0.4) is 0 Å². The van der Waals surface area contributed by atoms with Crippen LogP contribution in [0.25, 0.3) is 0 Å². The maximum atomic E-state index is 11.2. The molecule has 2 N–H and O–H groups in total. The molecular weight excluding hydrogens is 244 g/mol. The molecule has 2 aliphatic rings. The number of carbonyl (C=O) groups is 2. The molecule has 5 atom stereocenters. The van der Waals surface area contributed by atoms with Gasteiger partial charge in [0.1, 0.15) is 0 Å². The van der Waals surface area contributed by atoms with Gasteiger partial charge in [0.2, 0.25) is 0 Å². The normalized spacial score (nSPS) is 36.0. The molecule has 2 rings (SSSR count). The van der Waals surface area contributed by atoms with Crippen LogP contribution in [0.4, 0.5) is 0 Å². The van der Waals surface area contributed by atoms with E-state index in [0.717, 1.165) is 19.3 Å². The van der Waals surface area contributed by atoms with Crippen molar-refractivity contribution in [2.24, 2.45) is 29.6 Å². The van der Waals surface area contributed by atoms with Crippen molar-refractivity contribution < 1.29 is 19.8 Å². The largest absolute Gasteiger partial charge is 0.481 e. The van der Waals surface area contributed by atoms with Crippen LogP contribution >= 0.6 is 0 Å². The first kappa shape index (κ1) is 14.1. The van der Waals surface area contributed by atoms with Crippen LogP contribution in [0.15, 0.2) is 11.6 Å². The van der Waals surface area contributed by atoms with E-state index in [0.29, 0.717) is 23.8 Å². The molecule has 4 nitrogen and oxygen atoms in total. The van der Waals surface area contributed by atoms with E-state index in [1.54, 1.807) is 6.92 Å². The fraction of sp³-hybridized carbons (Fsp3) is 0.733. The summed E-state index contributed by atoms with van der Waals surface area (Å²) in [5, 5.41) is 18.4. The standard InChI is InChI=1S/C15H22O4/c1-8-3-5-12(9(2)14(16)17)13-7-10(15(18)19)4-6-11(8)13/h7-9,11-13H,3-6H2,1-2H3,(H,16,17)(H,18,19)/t8-,9+,11-,12+,13-/m0/s1. The van der Waals surface area contributed by atoms with Crippen LogP contribution in [-0.2, 0) is 9.59 Å². The van der Waals surface area contributed by atoms with Crippen LogP contribution in [0, 0.1) is 29.6 Å². The zero-order valence-corrected chi connectivity index (χ0v) is 11.5. The Balaban J connectivity index is 2.28. The first-order valence-electron chi connectivity index (χ1n) is 7.08. The number of hydrogen-bond acceptors (Lipinski definition) is 2. The number of rotatable bonds is 3. The lowest BCUT2D eigenvalue weighted by molar-refractivity contribution is -0.144. The molecule has 106 valence electrons. The number of carboxylic acids is 2. The van der Waals surface area contributed by atoms with Crippen molar-refractivity contribution in [3.8, 4) is 0 Å². The minimum atomic E-state index is -0.849. The predicted molar refractivity (Wildman–Crippen MR) is 70.6 cm³/mol. The highest BCUT2D eigenvalue weighted by atomic mass is 16.4. The summed E-state index contributed by atoms with van der Waals surface area (Å²) in [6, 6.07) is 0. The van der Waals surface area contributed by atoms with Crippen molar-refractivity contribution in [1.29, 1.82) is 0 Å². The molecule has 0 bridgehead atoms. The molecule has 0 unspecified atom stereocenters. The molecule has 0 radical (unpaired) electrons. The highest BCUT2D eigenvalue weighted by Gasteiger charge is 2.42. The molecule has 0 saturated heterocycles. The van der Waals surface area contributed by atoms with E-state index in [9.17, 15) is 14.7 Å². The number of aliphatic carboxylic acids is 2. The Morgan fingerprint density at radius 3 is 2.53 bits per heavy atom. The summed E-state index contributed by atoms with van der Waals surface area (Å²) < 4.78 is 0. The first-order valence-corrected chi connectivity index (χ1v) is 7.08. The van der Waals surface area contributed by atoms with Gasteiger partial charge < -0.3 is 10.2 Å². The molecule has 0 heterocycles. The van der Waals surface area contributed by atoms with Gasteiger partial charge in [0.25, 0.3) is 0 Å². The zero-order chi connectivity index (χ0) is 14.2. The lowest BCUT2D eigenvalue weighted by atomic mass is 9.60. The molecule has 0 aromatic heterocycles. The van der Waals surface area contributed by atoms with E-state index >= 15 is 0 Å². The van der Waals surface area contributed by atoms with Crippen molar-refractivity contribution in [1.82, 2.24) is 0 Å². The van der Waals surface area contributed by atoms with Gasteiger partial charge in [-0.1, -0.05) is 26.3 Å². The third-order valence-corrected chi connectivity index (χ3v) is 5.12. The quantitative estimate of drug-likeness (QED) is 0.823. The van der Waals surface area contributed by atoms with E-state index in [1.807, 2.05) is 6.08 Å². The number of hydrogen-bond donors (Lipinski definition) is 2. The maximum Gasteiger partial charge on any atom is 0.331 e. The van der Waals surface area contributed by atoms with Crippen molar-refractivity contribution >= 4 is 11.9 Å². The van der Waals surface area contributed by atoms with Crippen molar-refractivity contribution in [2.75, 3.05) is 0 Å². The third-order valence-electron chi connectivity index (χ3n) is 5.12. The van der Waals surface area contributed by atoms with Gasteiger partial charge in [-0.25, -0.2) is 4.79 Å². The Morgan fingerprint density at radius 1 is 1.26 bits per heavy atom. The zero-order valence-electron chi connectivity index (χ0n) is 11.5. The van der Waals surface area contributed by atoms with E-state index in [2.05, 4.69) is 6.92 Å². The minimum absolute atomic E-state index is 0.0772. The highest BCUT2D eigenvalue weighted by molar-refractivity contribution is 5.86. The molecule has 2 aliphatic carbocycles. The molecule has 4 heteroatoms. The summed E-state index contributed by atoms with van der Waals surface area (Å²) in [4.78, 5) is 22.4. The smallest absolute Gasteiger partial charge is 0.331 e. The average Bonchev–Trinajstić information content (AvgIpc) is 2.37. The summed E-state index contributed by atoms with van der Waals surface area (Å²) in [6.45, 7) is 3.96. The van der Waals surface area contributed by atoms with Gasteiger partial charge in [0.05, 0.1) is 5.92 Å². The summed E-state index contributed by atoms with van der Waals surface area (Å²) in [5.74, 6) is -0.808. The molecular formula is C15H22O4. The fourth-order valence-electron chi connectivity index (χ4n) is 3.87. The first-order chi connectivity index (χ1) is 8.91. The summed E-state index contributed by atoms with van der Waals surface area (Å²) in [5.41, 5.74) is 0.470. The molecule has 0 spiro atoms. The van der Waals surface area contributed by atoms with Crippen LogP contribution in [0.5, 0.6) is 0 Å². The van der Waals surface area contributed by atoms with E-state index in [4.69, 9.17) is 5.11 Å². The molecule has 1 fully saturated rings. The average molecular weight is 266 g/mol. The Labute approximate surface area is 113 Å². The van der Waals surface area contributed by atoms with E-state index < -0.39 is 17.9 Å². The predicted octanol–water partition coefficient (Wildman–Crippen LogP) is 2.79. The van der Waals surface area contributed by atoms with Gasteiger partial charge >= 0.3 is 11.9 Å². The number of allylic oxidation sites excluding steroid dienone is 1. The topological polar surface area (TPSA) is 74.6 Å². The molecule has 1 saturated carbocycles. The lowest BCUT2D eigenvalue weighted by Crippen LogP contribution is -2.40. The van der Waals surface area contributed by atoms with Gasteiger partial charge in [-0.3, -0.25) is 4.79 Å². The monoisotopic (exact) mass is 266 g/mol. The third kappa shape index (κ3) is 2.67. The second kappa shape index (κ2) is 5.35. The Hall–Kier alpha value is -1.32. The van der Waals surface area contributed by atoms with Crippen LogP contribution in [0.1, 0.15) is 39.5 Å². The van der Waals surface area contributed by atoms with E-state index in [-0.39, 0.29) is 11.8 Å². The number of carboxylic acid groups (broad SMARTS) is 2. The summed E-state index contributed by atoms with van der Waals surface area (Å²) >= 11 is 0. The second-order valence-electron chi connectivity index (χ2n) is 6.12. The SMILES string of the molecule is C[C@H]1CC[C@H]([C@@H](C)C(=O)O)[C@H]2C=C(C(=O)O)CC[C@H]21. The molecule has 0 aromatic rings. The second-order valence-corrected chi connectivity index (χ2v) is 6.12.